The van der Waals surface area contributed by atoms with Crippen LogP contribution in [0.2, 0.25) is 0 Å². The highest BCUT2D eigenvalue weighted by atomic mass is 15.1. The molecule has 0 amide bonds. The third-order valence-electron chi connectivity index (χ3n) is 34.0. The van der Waals surface area contributed by atoms with Gasteiger partial charge in [-0.25, -0.2) is 9.97 Å². The van der Waals surface area contributed by atoms with Crippen LogP contribution in [0.3, 0.4) is 0 Å². The van der Waals surface area contributed by atoms with Crippen molar-refractivity contribution in [3.63, 3.8) is 0 Å². The van der Waals surface area contributed by atoms with Crippen LogP contribution in [0.1, 0.15) is 74.9 Å². The van der Waals surface area contributed by atoms with E-state index in [9.17, 15) is 0 Å². The zero-order chi connectivity index (χ0) is 98.0. The molecular formula is C143H95N5. The molecule has 148 heavy (non-hydrogen) atoms. The number of rotatable bonds is 8. The van der Waals surface area contributed by atoms with Crippen LogP contribution in [0.5, 0.6) is 0 Å². The van der Waals surface area contributed by atoms with Gasteiger partial charge in [-0.05, 0) is 287 Å². The summed E-state index contributed by atoms with van der Waals surface area (Å²) < 4.78 is 7.46. The Balaban J connectivity index is 0.000000100. The fraction of sp³-hybridized carbons (Fsp3) is 0.0629. The van der Waals surface area contributed by atoms with Crippen molar-refractivity contribution in [3.8, 4) is 73.0 Å². The number of aromatic nitrogens is 5. The number of nitrogens with zero attached hydrogens (tertiary/aromatic N) is 5. The predicted octanol–water partition coefficient (Wildman–Crippen LogP) is 38.4. The first-order chi connectivity index (χ1) is 72.7. The molecule has 4 aromatic heterocycles. The fourth-order valence-corrected chi connectivity index (χ4v) is 27.2. The highest BCUT2D eigenvalue weighted by molar-refractivity contribution is 6.40. The van der Waals surface area contributed by atoms with Crippen LogP contribution in [-0.2, 0) is 16.2 Å². The summed E-state index contributed by atoms with van der Waals surface area (Å²) in [6.07, 6.45) is 0. The molecule has 5 heteroatoms. The molecule has 692 valence electrons. The van der Waals surface area contributed by atoms with Crippen LogP contribution in [0.15, 0.2) is 467 Å². The van der Waals surface area contributed by atoms with Crippen molar-refractivity contribution < 1.29 is 0 Å². The second-order valence-electron chi connectivity index (χ2n) is 42.7. The van der Waals surface area contributed by atoms with E-state index in [1.165, 1.54) is 273 Å². The molecular weight excluding hydrogens is 1790 g/mol. The highest BCUT2D eigenvalue weighted by Crippen LogP contribution is 2.59. The third-order valence-corrected chi connectivity index (χ3v) is 34.0. The molecule has 0 saturated heterocycles. The van der Waals surface area contributed by atoms with Gasteiger partial charge in [-0.3, -0.25) is 4.57 Å². The molecule has 0 aliphatic heterocycles. The van der Waals surface area contributed by atoms with Crippen LogP contribution in [-0.4, -0.2) is 23.7 Å². The van der Waals surface area contributed by atoms with E-state index in [-0.39, 0.29) is 16.2 Å². The number of hydrogen-bond donors (Lipinski definition) is 0. The van der Waals surface area contributed by atoms with E-state index in [1.54, 1.807) is 0 Å². The van der Waals surface area contributed by atoms with E-state index >= 15 is 0 Å². The van der Waals surface area contributed by atoms with Crippen molar-refractivity contribution in [1.82, 2.24) is 23.7 Å². The van der Waals surface area contributed by atoms with Gasteiger partial charge in [0.2, 0.25) is 0 Å². The Labute approximate surface area is 854 Å². The zero-order valence-electron chi connectivity index (χ0n) is 82.7. The van der Waals surface area contributed by atoms with E-state index in [4.69, 9.17) is 9.97 Å². The first-order valence-corrected chi connectivity index (χ1v) is 51.9. The molecule has 0 bridgehead atoms. The van der Waals surface area contributed by atoms with Crippen molar-refractivity contribution in [1.29, 1.82) is 0 Å². The van der Waals surface area contributed by atoms with E-state index in [2.05, 4.69) is 510 Å². The molecule has 30 aromatic rings. The second kappa shape index (κ2) is 31.3. The number of benzene rings is 23. The number of fused-ring (bicyclic) bond motifs is 14. The first-order valence-electron chi connectivity index (χ1n) is 51.9. The van der Waals surface area contributed by atoms with Gasteiger partial charge in [0.15, 0.2) is 5.82 Å². The quantitative estimate of drug-likeness (QED) is 0.142. The molecule has 0 saturated carbocycles. The minimum absolute atomic E-state index is 0.0925. The molecule has 3 aliphatic carbocycles. The van der Waals surface area contributed by atoms with Gasteiger partial charge in [-0.15, -0.1) is 0 Å². The molecule has 0 unspecified atom stereocenters. The summed E-state index contributed by atoms with van der Waals surface area (Å²) in [5.74, 6) is 0.839. The normalized spacial score (nSPS) is 13.6. The first kappa shape index (κ1) is 84.1. The fourth-order valence-electron chi connectivity index (χ4n) is 27.2. The molecule has 0 atom stereocenters. The standard InChI is InChI=1S/C49H33N.C47H31N3.C47H31N/c1-49(2)41-21-11-19-37-35-17-9-10-18-36(35)38-20-12-22-43-46(38)48-44(26-25-42(49)47(48)45(37)41)50(43)34-24-23-32-28-39(30-13-5-3-6-14-30)40(29-33(32)27-34)31-15-7-4-8-16-31;1-47(2)35-18-10-16-33-31-14-6-7-15-32(31)34-17-11-21-39-42(34)44-40(27-26-36(47)43(44)41(33)35)50(39)46-45(48-37-19-8-9-20-38(37)49-46)30-24-22-29(23-25-30)28-12-4-3-5-13-28;1-47(2)38-20-10-18-34-32-16-8-9-17-33(32)35-19-11-21-40-44(35)46-41(25-24-39(47)45(46)43(34)38)48(40)42-26-30-23-22-29-14-6-7-15-31(29)36(30)27-37(42)28-12-4-3-5-13-28/h3-29H,1-2H3;3-27H,1-2H3;3-27H,1-2H3. The Kier molecular flexibility index (Phi) is 17.8. The molecule has 26 aromatic carbocycles. The molecule has 33 rings (SSSR count). The average molecular weight is 1880 g/mol. The molecule has 4 heterocycles. The van der Waals surface area contributed by atoms with Gasteiger partial charge < -0.3 is 9.13 Å². The Morgan fingerprint density at radius 1 is 0.169 bits per heavy atom. The third kappa shape index (κ3) is 11.8. The van der Waals surface area contributed by atoms with Crippen molar-refractivity contribution >= 4 is 206 Å². The largest absolute Gasteiger partial charge is 0.309 e. The lowest BCUT2D eigenvalue weighted by Gasteiger charge is -2.22. The van der Waals surface area contributed by atoms with E-state index in [1.807, 2.05) is 12.1 Å². The van der Waals surface area contributed by atoms with Gasteiger partial charge in [0.1, 0.15) is 5.69 Å². The maximum atomic E-state index is 5.45. The van der Waals surface area contributed by atoms with E-state index < -0.39 is 0 Å². The van der Waals surface area contributed by atoms with Crippen LogP contribution in [0.25, 0.3) is 279 Å². The van der Waals surface area contributed by atoms with Crippen LogP contribution in [0, 0.1) is 0 Å². The molecule has 3 aliphatic rings. The summed E-state index contributed by atoms with van der Waals surface area (Å²) in [4.78, 5) is 10.8. The molecule has 0 fully saturated rings. The minimum Gasteiger partial charge on any atom is -0.309 e. The summed E-state index contributed by atoms with van der Waals surface area (Å²) in [5.41, 5.74) is 31.2. The molecule has 0 radical (unpaired) electrons. The minimum atomic E-state index is -0.133. The monoisotopic (exact) mass is 1880 g/mol. The summed E-state index contributed by atoms with van der Waals surface area (Å²) >= 11 is 0. The lowest BCUT2D eigenvalue weighted by Crippen LogP contribution is -2.15. The van der Waals surface area contributed by atoms with Crippen molar-refractivity contribution in [2.45, 2.75) is 57.8 Å². The molecule has 0 N–H and O–H groups in total. The van der Waals surface area contributed by atoms with Gasteiger partial charge in [0, 0.05) is 65.4 Å². The summed E-state index contributed by atoms with van der Waals surface area (Å²) in [7, 11) is 0. The van der Waals surface area contributed by atoms with Crippen LogP contribution < -0.4 is 0 Å². The summed E-state index contributed by atoms with van der Waals surface area (Å²) in [6, 6.07) is 173. The van der Waals surface area contributed by atoms with Crippen LogP contribution >= 0.6 is 0 Å². The van der Waals surface area contributed by atoms with Gasteiger partial charge in [-0.2, -0.15) is 0 Å². The maximum Gasteiger partial charge on any atom is 0.165 e. The van der Waals surface area contributed by atoms with Crippen molar-refractivity contribution in [2.75, 3.05) is 0 Å². The molecule has 0 spiro atoms. The smallest absolute Gasteiger partial charge is 0.165 e. The van der Waals surface area contributed by atoms with Gasteiger partial charge in [-0.1, -0.05) is 424 Å². The van der Waals surface area contributed by atoms with Crippen LogP contribution in [0.4, 0.5) is 0 Å². The van der Waals surface area contributed by atoms with Gasteiger partial charge in [0.25, 0.3) is 0 Å². The Morgan fingerprint density at radius 2 is 0.493 bits per heavy atom. The highest BCUT2D eigenvalue weighted by Gasteiger charge is 2.41. The Hall–Kier alpha value is -18.4. The molecule has 5 nitrogen and oxygen atoms in total. The van der Waals surface area contributed by atoms with E-state index in [0.717, 1.165) is 39.1 Å². The van der Waals surface area contributed by atoms with Crippen molar-refractivity contribution in [3.05, 3.63) is 500 Å². The van der Waals surface area contributed by atoms with Gasteiger partial charge >= 0.3 is 0 Å². The summed E-state index contributed by atoms with van der Waals surface area (Å²) in [5, 5.41) is 39.4. The maximum absolute atomic E-state index is 5.45. The Bertz CT molecular complexity index is 11100. The lowest BCUT2D eigenvalue weighted by molar-refractivity contribution is 0.663. The second-order valence-corrected chi connectivity index (χ2v) is 42.7. The topological polar surface area (TPSA) is 40.6 Å². The lowest BCUT2D eigenvalue weighted by atomic mass is 9.81. The SMILES string of the molecule is CC1(C)c2cccc3c4ccccc4c4cccc5c4c4c(c1ccc4n5-c1cc4ccc5ccccc5c4cc1-c1ccccc1)c23.CC1(C)c2cccc3c4ccccc4c4cccc5c4c4c(c1ccc4n5-c1ccc4cc(-c5ccccc5)c(-c5ccccc5)cc4c1)c23.CC1(C)c2cccc3c4ccccc4c4cccc5c4c4c(c1ccc4n5-c1nc4ccccc4nc1-c1ccc(-c4ccccc4)cc1)c23. The van der Waals surface area contributed by atoms with Crippen molar-refractivity contribution in [2.24, 2.45) is 0 Å². The van der Waals surface area contributed by atoms with Gasteiger partial charge in [0.05, 0.1) is 49.8 Å². The summed E-state index contributed by atoms with van der Waals surface area (Å²) in [6.45, 7) is 14.4. The average Bonchev–Trinajstić information content (AvgIpc) is 1.52. The predicted molar refractivity (Wildman–Crippen MR) is 629 cm³/mol. The number of hydrogen-bond acceptors (Lipinski definition) is 2. The van der Waals surface area contributed by atoms with E-state index in [0.29, 0.717) is 0 Å². The number of para-hydroxylation sites is 2. The Morgan fingerprint density at radius 3 is 0.959 bits per heavy atom. The zero-order valence-corrected chi connectivity index (χ0v) is 82.7.